The van der Waals surface area contributed by atoms with Crippen LogP contribution in [-0.4, -0.2) is 9.78 Å². The van der Waals surface area contributed by atoms with Crippen molar-refractivity contribution in [2.45, 2.75) is 6.92 Å². The Hall–Kier alpha value is -1.77. The van der Waals surface area contributed by atoms with Gasteiger partial charge in [0, 0.05) is 12.6 Å². The average molecular weight is 187 g/mol. The zero-order chi connectivity index (χ0) is 10.1. The second-order valence-electron chi connectivity index (χ2n) is 3.43. The van der Waals surface area contributed by atoms with Gasteiger partial charge in [-0.2, -0.15) is 5.10 Å². The zero-order valence-electron chi connectivity index (χ0n) is 8.36. The molecule has 0 atom stereocenters. The number of nitrogen functional groups attached to an aromatic ring is 1. The molecule has 1 aromatic heterocycles. The second kappa shape index (κ2) is 3.18. The van der Waals surface area contributed by atoms with Crippen molar-refractivity contribution in [2.24, 2.45) is 7.05 Å². The summed E-state index contributed by atoms with van der Waals surface area (Å²) in [5.74, 6) is 0.703. The lowest BCUT2D eigenvalue weighted by Crippen LogP contribution is -1.97. The van der Waals surface area contributed by atoms with E-state index >= 15 is 0 Å². The largest absolute Gasteiger partial charge is 0.383 e. The van der Waals surface area contributed by atoms with Crippen molar-refractivity contribution in [1.29, 1.82) is 0 Å². The van der Waals surface area contributed by atoms with Crippen LogP contribution in [0.5, 0.6) is 0 Å². The van der Waals surface area contributed by atoms with Gasteiger partial charge in [-0.05, 0) is 12.5 Å². The highest BCUT2D eigenvalue weighted by atomic mass is 15.3. The van der Waals surface area contributed by atoms with Gasteiger partial charge in [-0.15, -0.1) is 0 Å². The van der Waals surface area contributed by atoms with Crippen molar-refractivity contribution in [3.63, 3.8) is 0 Å². The Morgan fingerprint density at radius 1 is 1.21 bits per heavy atom. The first kappa shape index (κ1) is 8.81. The molecule has 1 aromatic carbocycles. The maximum atomic E-state index is 5.87. The molecule has 2 rings (SSSR count). The van der Waals surface area contributed by atoms with Crippen LogP contribution in [-0.2, 0) is 7.05 Å². The summed E-state index contributed by atoms with van der Waals surface area (Å²) in [4.78, 5) is 0. The molecule has 0 saturated heterocycles. The molecular weight excluding hydrogens is 174 g/mol. The average Bonchev–Trinajstić information content (AvgIpc) is 2.50. The summed E-state index contributed by atoms with van der Waals surface area (Å²) >= 11 is 0. The molecule has 0 radical (unpaired) electrons. The smallest absolute Gasteiger partial charge is 0.129 e. The number of benzene rings is 1. The highest BCUT2D eigenvalue weighted by Gasteiger charge is 2.05. The summed E-state index contributed by atoms with van der Waals surface area (Å²) < 4.78 is 1.68. The summed E-state index contributed by atoms with van der Waals surface area (Å²) in [6.07, 6.45) is 1.79. The Labute approximate surface area is 83.2 Å². The molecule has 14 heavy (non-hydrogen) atoms. The van der Waals surface area contributed by atoms with Gasteiger partial charge >= 0.3 is 0 Å². The fourth-order valence-electron chi connectivity index (χ4n) is 1.40. The van der Waals surface area contributed by atoms with E-state index in [1.54, 1.807) is 10.9 Å². The van der Waals surface area contributed by atoms with Crippen LogP contribution >= 0.6 is 0 Å². The van der Waals surface area contributed by atoms with Crippen molar-refractivity contribution in [2.75, 3.05) is 5.73 Å². The summed E-state index contributed by atoms with van der Waals surface area (Å²) in [6.45, 7) is 2.07. The summed E-state index contributed by atoms with van der Waals surface area (Å²) in [7, 11) is 1.84. The summed E-state index contributed by atoms with van der Waals surface area (Å²) in [5.41, 5.74) is 9.22. The first-order valence-electron chi connectivity index (χ1n) is 4.53. The van der Waals surface area contributed by atoms with Crippen molar-refractivity contribution in [3.8, 4) is 11.1 Å². The van der Waals surface area contributed by atoms with Crippen molar-refractivity contribution in [1.82, 2.24) is 9.78 Å². The molecule has 72 valence electrons. The Morgan fingerprint density at radius 2 is 1.86 bits per heavy atom. The number of anilines is 1. The Balaban J connectivity index is 2.49. The van der Waals surface area contributed by atoms with E-state index in [0.29, 0.717) is 5.82 Å². The molecule has 0 bridgehead atoms. The van der Waals surface area contributed by atoms with Gasteiger partial charge in [0.15, 0.2) is 0 Å². The first-order valence-corrected chi connectivity index (χ1v) is 4.53. The molecule has 0 unspecified atom stereocenters. The number of nitrogens with two attached hydrogens (primary N) is 1. The Kier molecular flexibility index (Phi) is 2.00. The number of rotatable bonds is 1. The predicted octanol–water partition coefficient (Wildman–Crippen LogP) is 1.98. The summed E-state index contributed by atoms with van der Waals surface area (Å²) in [5, 5.41) is 4.11. The minimum atomic E-state index is 0.703. The highest BCUT2D eigenvalue weighted by Crippen LogP contribution is 2.24. The lowest BCUT2D eigenvalue weighted by molar-refractivity contribution is 0.779. The molecule has 0 amide bonds. The topological polar surface area (TPSA) is 43.8 Å². The van der Waals surface area contributed by atoms with Crippen LogP contribution in [0, 0.1) is 6.92 Å². The van der Waals surface area contributed by atoms with Crippen LogP contribution < -0.4 is 5.73 Å². The molecule has 1 heterocycles. The van der Waals surface area contributed by atoms with E-state index in [1.165, 1.54) is 5.56 Å². The van der Waals surface area contributed by atoms with Crippen LogP contribution in [0.2, 0.25) is 0 Å². The van der Waals surface area contributed by atoms with Gasteiger partial charge in [0.05, 0.1) is 6.20 Å². The number of aromatic nitrogens is 2. The lowest BCUT2D eigenvalue weighted by Gasteiger charge is -2.00. The molecule has 2 aromatic rings. The quantitative estimate of drug-likeness (QED) is 0.741. The first-order chi connectivity index (χ1) is 6.68. The minimum absolute atomic E-state index is 0.703. The molecular formula is C11H13N3. The van der Waals surface area contributed by atoms with Crippen molar-refractivity contribution in [3.05, 3.63) is 36.0 Å². The molecule has 0 aliphatic heterocycles. The molecule has 3 nitrogen and oxygen atoms in total. The van der Waals surface area contributed by atoms with E-state index in [0.717, 1.165) is 11.1 Å². The van der Waals surface area contributed by atoms with Crippen LogP contribution in [0.15, 0.2) is 30.5 Å². The highest BCUT2D eigenvalue weighted by molar-refractivity contribution is 5.73. The molecule has 3 heteroatoms. The molecule has 0 fully saturated rings. The third-order valence-electron chi connectivity index (χ3n) is 2.35. The normalized spacial score (nSPS) is 10.4. The van der Waals surface area contributed by atoms with Gasteiger partial charge in [-0.25, -0.2) is 0 Å². The number of hydrogen-bond donors (Lipinski definition) is 1. The van der Waals surface area contributed by atoms with Gasteiger partial charge in [0.1, 0.15) is 5.82 Å². The minimum Gasteiger partial charge on any atom is -0.383 e. The van der Waals surface area contributed by atoms with Crippen LogP contribution in [0.3, 0.4) is 0 Å². The van der Waals surface area contributed by atoms with Crippen molar-refractivity contribution >= 4 is 5.82 Å². The van der Waals surface area contributed by atoms with Crippen molar-refractivity contribution < 1.29 is 0 Å². The van der Waals surface area contributed by atoms with E-state index < -0.39 is 0 Å². The van der Waals surface area contributed by atoms with E-state index in [9.17, 15) is 0 Å². The van der Waals surface area contributed by atoms with Crippen LogP contribution in [0.4, 0.5) is 5.82 Å². The maximum Gasteiger partial charge on any atom is 0.129 e. The third-order valence-corrected chi connectivity index (χ3v) is 2.35. The summed E-state index contributed by atoms with van der Waals surface area (Å²) in [6, 6.07) is 8.26. The van der Waals surface area contributed by atoms with E-state index in [4.69, 9.17) is 5.73 Å². The van der Waals surface area contributed by atoms with Gasteiger partial charge < -0.3 is 5.73 Å². The van der Waals surface area contributed by atoms with E-state index in [1.807, 2.05) is 7.05 Å². The molecule has 0 saturated carbocycles. The third kappa shape index (κ3) is 1.37. The number of hydrogen-bond acceptors (Lipinski definition) is 2. The predicted molar refractivity (Wildman–Crippen MR) is 57.8 cm³/mol. The van der Waals surface area contributed by atoms with E-state index in [-0.39, 0.29) is 0 Å². The molecule has 0 aliphatic rings. The molecule has 0 aliphatic carbocycles. The Morgan fingerprint density at radius 3 is 2.36 bits per heavy atom. The van der Waals surface area contributed by atoms with Gasteiger partial charge in [0.25, 0.3) is 0 Å². The standard InChI is InChI=1S/C11H13N3/c1-8-3-5-9(6-4-8)10-7-13-14(2)11(10)12/h3-7H,12H2,1-2H3. The zero-order valence-corrected chi connectivity index (χ0v) is 8.36. The van der Waals surface area contributed by atoms with Crippen LogP contribution in [0.25, 0.3) is 11.1 Å². The lowest BCUT2D eigenvalue weighted by atomic mass is 10.1. The fourth-order valence-corrected chi connectivity index (χ4v) is 1.40. The number of aryl methyl sites for hydroxylation is 2. The van der Waals surface area contributed by atoms with Gasteiger partial charge in [-0.3, -0.25) is 4.68 Å². The maximum absolute atomic E-state index is 5.87. The van der Waals surface area contributed by atoms with E-state index in [2.05, 4.69) is 36.3 Å². The molecule has 0 spiro atoms. The monoisotopic (exact) mass is 187 g/mol. The second-order valence-corrected chi connectivity index (χ2v) is 3.43. The SMILES string of the molecule is Cc1ccc(-c2cnn(C)c2N)cc1. The van der Waals surface area contributed by atoms with Crippen LogP contribution in [0.1, 0.15) is 5.56 Å². The van der Waals surface area contributed by atoms with Gasteiger partial charge in [0.2, 0.25) is 0 Å². The number of nitrogens with zero attached hydrogens (tertiary/aromatic N) is 2. The molecule has 2 N–H and O–H groups in total. The van der Waals surface area contributed by atoms with Gasteiger partial charge in [-0.1, -0.05) is 29.8 Å². The Bertz CT molecular complexity index is 440. The fraction of sp³-hybridized carbons (Fsp3) is 0.182.